The van der Waals surface area contributed by atoms with Crippen LogP contribution in [0.2, 0.25) is 0 Å². The molecule has 17 heavy (non-hydrogen) atoms. The number of fused-ring (bicyclic) bond motifs is 1. The van der Waals surface area contributed by atoms with Gasteiger partial charge < -0.3 is 14.8 Å². The first kappa shape index (κ1) is 11.1. The fourth-order valence-corrected chi connectivity index (χ4v) is 2.62. The molecule has 1 aromatic rings. The molecule has 0 saturated carbocycles. The third-order valence-electron chi connectivity index (χ3n) is 3.59. The maximum atomic E-state index is 5.66. The highest BCUT2D eigenvalue weighted by Gasteiger charge is 2.23. The van der Waals surface area contributed by atoms with E-state index in [0.29, 0.717) is 12.0 Å². The summed E-state index contributed by atoms with van der Waals surface area (Å²) in [7, 11) is 0. The summed E-state index contributed by atoms with van der Waals surface area (Å²) in [6, 6.07) is 8.33. The summed E-state index contributed by atoms with van der Waals surface area (Å²) in [5.74, 6) is 1.55. The van der Waals surface area contributed by atoms with Gasteiger partial charge in [-0.05, 0) is 18.9 Å². The van der Waals surface area contributed by atoms with Crippen LogP contribution in [0.25, 0.3) is 0 Å². The van der Waals surface area contributed by atoms with Gasteiger partial charge in [-0.1, -0.05) is 18.2 Å². The zero-order valence-corrected chi connectivity index (χ0v) is 10.0. The standard InChI is InChI=1S/C14H19NO2/c1-2-6-14-13(5-1)11(10-17-14)8-15-9-12-4-3-7-16-12/h1-2,5-6,11-12,15H,3-4,7-10H2. The van der Waals surface area contributed by atoms with Crippen molar-refractivity contribution < 1.29 is 9.47 Å². The van der Waals surface area contributed by atoms with E-state index in [0.717, 1.165) is 32.1 Å². The van der Waals surface area contributed by atoms with Gasteiger partial charge >= 0.3 is 0 Å². The van der Waals surface area contributed by atoms with E-state index in [-0.39, 0.29) is 0 Å². The number of nitrogens with one attached hydrogen (secondary N) is 1. The van der Waals surface area contributed by atoms with Gasteiger partial charge in [0.15, 0.2) is 0 Å². The predicted octanol–water partition coefficient (Wildman–Crippen LogP) is 1.93. The van der Waals surface area contributed by atoms with E-state index in [1.54, 1.807) is 0 Å². The molecule has 3 rings (SSSR count). The molecule has 2 heterocycles. The summed E-state index contributed by atoms with van der Waals surface area (Å²) in [6.07, 6.45) is 2.83. The number of benzene rings is 1. The van der Waals surface area contributed by atoms with Gasteiger partial charge in [-0.15, -0.1) is 0 Å². The van der Waals surface area contributed by atoms with E-state index in [1.807, 2.05) is 6.07 Å². The lowest BCUT2D eigenvalue weighted by Crippen LogP contribution is -2.30. The fourth-order valence-electron chi connectivity index (χ4n) is 2.62. The molecule has 0 spiro atoms. The van der Waals surface area contributed by atoms with Gasteiger partial charge in [-0.2, -0.15) is 0 Å². The van der Waals surface area contributed by atoms with E-state index in [4.69, 9.17) is 9.47 Å². The maximum Gasteiger partial charge on any atom is 0.122 e. The molecule has 2 aliphatic rings. The molecule has 2 aliphatic heterocycles. The summed E-state index contributed by atoms with van der Waals surface area (Å²) < 4.78 is 11.3. The van der Waals surface area contributed by atoms with Crippen molar-refractivity contribution in [1.82, 2.24) is 5.32 Å². The van der Waals surface area contributed by atoms with E-state index in [1.165, 1.54) is 18.4 Å². The third-order valence-corrected chi connectivity index (χ3v) is 3.59. The highest BCUT2D eigenvalue weighted by atomic mass is 16.5. The smallest absolute Gasteiger partial charge is 0.122 e. The van der Waals surface area contributed by atoms with Gasteiger partial charge in [-0.3, -0.25) is 0 Å². The number of hydrogen-bond acceptors (Lipinski definition) is 3. The van der Waals surface area contributed by atoms with Gasteiger partial charge in [0.1, 0.15) is 5.75 Å². The van der Waals surface area contributed by atoms with Crippen molar-refractivity contribution >= 4 is 0 Å². The maximum absolute atomic E-state index is 5.66. The lowest BCUT2D eigenvalue weighted by Gasteiger charge is -2.13. The van der Waals surface area contributed by atoms with Crippen LogP contribution in [-0.4, -0.2) is 32.4 Å². The normalized spacial score (nSPS) is 26.8. The van der Waals surface area contributed by atoms with Crippen LogP contribution in [0.1, 0.15) is 24.3 Å². The molecule has 2 atom stereocenters. The second-order valence-corrected chi connectivity index (χ2v) is 4.84. The van der Waals surface area contributed by atoms with Crippen molar-refractivity contribution in [2.24, 2.45) is 0 Å². The van der Waals surface area contributed by atoms with Crippen molar-refractivity contribution in [1.29, 1.82) is 0 Å². The summed E-state index contributed by atoms with van der Waals surface area (Å²) in [6.45, 7) is 3.69. The minimum Gasteiger partial charge on any atom is -0.493 e. The average Bonchev–Trinajstić information content (AvgIpc) is 2.99. The van der Waals surface area contributed by atoms with Crippen molar-refractivity contribution in [3.05, 3.63) is 29.8 Å². The average molecular weight is 233 g/mol. The van der Waals surface area contributed by atoms with Crippen molar-refractivity contribution in [3.63, 3.8) is 0 Å². The molecule has 3 heteroatoms. The molecule has 0 aromatic heterocycles. The Bertz CT molecular complexity index is 374. The Kier molecular flexibility index (Phi) is 3.29. The molecular weight excluding hydrogens is 214 g/mol. The monoisotopic (exact) mass is 233 g/mol. The third kappa shape index (κ3) is 2.45. The highest BCUT2D eigenvalue weighted by Crippen LogP contribution is 2.32. The summed E-state index contributed by atoms with van der Waals surface area (Å²) >= 11 is 0. The van der Waals surface area contributed by atoms with Crippen molar-refractivity contribution in [2.75, 3.05) is 26.3 Å². The Labute approximate surface area is 102 Å². The molecule has 2 unspecified atom stereocenters. The fraction of sp³-hybridized carbons (Fsp3) is 0.571. The Balaban J connectivity index is 1.50. The van der Waals surface area contributed by atoms with Crippen LogP contribution in [0.5, 0.6) is 5.75 Å². The first-order valence-electron chi connectivity index (χ1n) is 6.47. The Morgan fingerprint density at radius 3 is 3.06 bits per heavy atom. The zero-order valence-electron chi connectivity index (χ0n) is 10.0. The molecule has 0 bridgehead atoms. The van der Waals surface area contributed by atoms with Crippen LogP contribution < -0.4 is 10.1 Å². The minimum atomic E-state index is 0.424. The largest absolute Gasteiger partial charge is 0.493 e. The molecule has 1 aromatic carbocycles. The predicted molar refractivity (Wildman–Crippen MR) is 66.5 cm³/mol. The first-order valence-corrected chi connectivity index (χ1v) is 6.47. The lowest BCUT2D eigenvalue weighted by atomic mass is 10.0. The number of rotatable bonds is 4. The van der Waals surface area contributed by atoms with E-state index in [9.17, 15) is 0 Å². The Morgan fingerprint density at radius 1 is 1.24 bits per heavy atom. The van der Waals surface area contributed by atoms with Gasteiger partial charge in [0, 0.05) is 31.2 Å². The van der Waals surface area contributed by atoms with Crippen LogP contribution in [0.3, 0.4) is 0 Å². The molecule has 1 saturated heterocycles. The molecule has 92 valence electrons. The molecular formula is C14H19NO2. The first-order chi connectivity index (χ1) is 8.43. The summed E-state index contributed by atoms with van der Waals surface area (Å²) in [5.41, 5.74) is 1.34. The van der Waals surface area contributed by atoms with Crippen LogP contribution in [0.4, 0.5) is 0 Å². The second kappa shape index (κ2) is 5.07. The van der Waals surface area contributed by atoms with E-state index in [2.05, 4.69) is 23.5 Å². The second-order valence-electron chi connectivity index (χ2n) is 4.84. The highest BCUT2D eigenvalue weighted by molar-refractivity contribution is 5.39. The van der Waals surface area contributed by atoms with Crippen LogP contribution in [0.15, 0.2) is 24.3 Å². The SMILES string of the molecule is c1ccc2c(c1)OCC2CNCC1CCCO1. The zero-order chi connectivity index (χ0) is 11.5. The van der Waals surface area contributed by atoms with Gasteiger partial charge in [0.05, 0.1) is 12.7 Å². The summed E-state index contributed by atoms with van der Waals surface area (Å²) in [4.78, 5) is 0. The summed E-state index contributed by atoms with van der Waals surface area (Å²) in [5, 5.41) is 3.51. The Hall–Kier alpha value is -1.06. The molecule has 0 amide bonds. The van der Waals surface area contributed by atoms with Gasteiger partial charge in [0.25, 0.3) is 0 Å². The van der Waals surface area contributed by atoms with Crippen LogP contribution >= 0.6 is 0 Å². The van der Waals surface area contributed by atoms with E-state index >= 15 is 0 Å². The van der Waals surface area contributed by atoms with Crippen molar-refractivity contribution in [2.45, 2.75) is 24.9 Å². The van der Waals surface area contributed by atoms with Crippen molar-refractivity contribution in [3.8, 4) is 5.75 Å². The van der Waals surface area contributed by atoms with Gasteiger partial charge in [-0.25, -0.2) is 0 Å². The lowest BCUT2D eigenvalue weighted by molar-refractivity contribution is 0.109. The minimum absolute atomic E-state index is 0.424. The number of hydrogen-bond donors (Lipinski definition) is 1. The van der Waals surface area contributed by atoms with Crippen LogP contribution in [-0.2, 0) is 4.74 Å². The molecule has 0 aliphatic carbocycles. The van der Waals surface area contributed by atoms with Crippen LogP contribution in [0, 0.1) is 0 Å². The van der Waals surface area contributed by atoms with Gasteiger partial charge in [0.2, 0.25) is 0 Å². The van der Waals surface area contributed by atoms with E-state index < -0.39 is 0 Å². The number of para-hydroxylation sites is 1. The molecule has 1 fully saturated rings. The molecule has 3 nitrogen and oxygen atoms in total. The molecule has 1 N–H and O–H groups in total. The Morgan fingerprint density at radius 2 is 2.18 bits per heavy atom. The quantitative estimate of drug-likeness (QED) is 0.862. The topological polar surface area (TPSA) is 30.5 Å². The molecule has 0 radical (unpaired) electrons. The number of ether oxygens (including phenoxy) is 2.